The fourth-order valence-electron chi connectivity index (χ4n) is 4.26. The smallest absolute Gasteiger partial charge is 0.00388 e. The van der Waals surface area contributed by atoms with Crippen molar-refractivity contribution in [3.63, 3.8) is 0 Å². The van der Waals surface area contributed by atoms with E-state index in [1.165, 1.54) is 141 Å². The third-order valence-electron chi connectivity index (χ3n) is 6.45. The summed E-state index contributed by atoms with van der Waals surface area (Å²) in [5.74, 6) is 0. The zero-order valence-corrected chi connectivity index (χ0v) is 21.7. The highest BCUT2D eigenvalue weighted by molar-refractivity contribution is 4.92. The average Bonchev–Trinajstić information content (AvgIpc) is 2.77. The molecule has 0 fully saturated rings. The summed E-state index contributed by atoms with van der Waals surface area (Å²) in [6, 6.07) is 0.457. The van der Waals surface area contributed by atoms with Crippen LogP contribution in [0.1, 0.15) is 162 Å². The molecule has 1 atom stereocenters. The number of rotatable bonds is 25. The van der Waals surface area contributed by atoms with Gasteiger partial charge in [-0.3, -0.25) is 0 Å². The van der Waals surface area contributed by atoms with Gasteiger partial charge in [0, 0.05) is 6.04 Å². The zero-order chi connectivity index (χ0) is 22.7. The first kappa shape index (κ1) is 30.4. The quantitative estimate of drug-likeness (QED) is 0.112. The molecule has 0 aliphatic carbocycles. The van der Waals surface area contributed by atoms with Gasteiger partial charge in [0.1, 0.15) is 0 Å². The lowest BCUT2D eigenvalue weighted by Crippen LogP contribution is -2.19. The van der Waals surface area contributed by atoms with Crippen LogP contribution in [0.25, 0.3) is 0 Å². The van der Waals surface area contributed by atoms with Gasteiger partial charge < -0.3 is 5.73 Å². The van der Waals surface area contributed by atoms with Crippen molar-refractivity contribution in [3.05, 3.63) is 24.3 Å². The summed E-state index contributed by atoms with van der Waals surface area (Å²) in [6.45, 7) is 4.56. The Hall–Kier alpha value is -0.560. The molecule has 0 aliphatic rings. The van der Waals surface area contributed by atoms with Crippen LogP contribution in [-0.2, 0) is 0 Å². The summed E-state index contributed by atoms with van der Waals surface area (Å²) in [6.07, 6.45) is 40.5. The van der Waals surface area contributed by atoms with E-state index >= 15 is 0 Å². The molecular weight excluding hydrogens is 374 g/mol. The van der Waals surface area contributed by atoms with Gasteiger partial charge in [-0.1, -0.05) is 141 Å². The Morgan fingerprint density at radius 1 is 0.452 bits per heavy atom. The van der Waals surface area contributed by atoms with Crippen LogP contribution in [0.15, 0.2) is 24.3 Å². The molecular formula is C30H59N. The number of hydrogen-bond donors (Lipinski definition) is 1. The van der Waals surface area contributed by atoms with Crippen LogP contribution in [-0.4, -0.2) is 6.04 Å². The Balaban J connectivity index is 3.22. The van der Waals surface area contributed by atoms with Crippen molar-refractivity contribution >= 4 is 0 Å². The highest BCUT2D eigenvalue weighted by atomic mass is 14.6. The van der Waals surface area contributed by atoms with Gasteiger partial charge in [0.05, 0.1) is 0 Å². The molecule has 0 aromatic rings. The van der Waals surface area contributed by atoms with Crippen molar-refractivity contribution in [2.24, 2.45) is 5.73 Å². The second-order valence-corrected chi connectivity index (χ2v) is 9.75. The third-order valence-corrected chi connectivity index (χ3v) is 6.45. The first-order chi connectivity index (χ1) is 15.3. The van der Waals surface area contributed by atoms with E-state index in [9.17, 15) is 0 Å². The van der Waals surface area contributed by atoms with Crippen LogP contribution in [0.4, 0.5) is 0 Å². The van der Waals surface area contributed by atoms with Crippen LogP contribution >= 0.6 is 0 Å². The highest BCUT2D eigenvalue weighted by Crippen LogP contribution is 2.14. The molecule has 1 unspecified atom stereocenters. The van der Waals surface area contributed by atoms with E-state index < -0.39 is 0 Å². The Morgan fingerprint density at radius 2 is 0.806 bits per heavy atom. The molecule has 31 heavy (non-hydrogen) atoms. The van der Waals surface area contributed by atoms with Gasteiger partial charge in [-0.2, -0.15) is 0 Å². The van der Waals surface area contributed by atoms with Crippen molar-refractivity contribution in [2.75, 3.05) is 0 Å². The monoisotopic (exact) mass is 433 g/mol. The van der Waals surface area contributed by atoms with Gasteiger partial charge >= 0.3 is 0 Å². The fraction of sp³-hybridized carbons (Fsp3) is 0.867. The summed E-state index contributed by atoms with van der Waals surface area (Å²) in [4.78, 5) is 0. The molecule has 0 saturated carbocycles. The lowest BCUT2D eigenvalue weighted by molar-refractivity contribution is 0.480. The lowest BCUT2D eigenvalue weighted by atomic mass is 10.0. The highest BCUT2D eigenvalue weighted by Gasteiger charge is 2.02. The van der Waals surface area contributed by atoms with Gasteiger partial charge in [0.2, 0.25) is 0 Å². The molecule has 0 aromatic heterocycles. The zero-order valence-electron chi connectivity index (χ0n) is 21.7. The minimum atomic E-state index is 0.457. The summed E-state index contributed by atoms with van der Waals surface area (Å²) in [7, 11) is 0. The van der Waals surface area contributed by atoms with Crippen molar-refractivity contribution < 1.29 is 0 Å². The Morgan fingerprint density at radius 3 is 1.29 bits per heavy atom. The lowest BCUT2D eigenvalue weighted by Gasteiger charge is -2.11. The van der Waals surface area contributed by atoms with Crippen molar-refractivity contribution in [1.82, 2.24) is 0 Å². The topological polar surface area (TPSA) is 26.0 Å². The van der Waals surface area contributed by atoms with Crippen LogP contribution in [0.3, 0.4) is 0 Å². The van der Waals surface area contributed by atoms with E-state index in [2.05, 4.69) is 38.2 Å². The molecule has 0 radical (unpaired) electrons. The maximum absolute atomic E-state index is 6.31. The van der Waals surface area contributed by atoms with E-state index in [0.29, 0.717) is 6.04 Å². The Kier molecular flexibility index (Phi) is 27.0. The van der Waals surface area contributed by atoms with Gasteiger partial charge in [-0.15, -0.1) is 0 Å². The molecule has 0 spiro atoms. The largest absolute Gasteiger partial charge is 0.328 e. The molecule has 0 heterocycles. The molecule has 0 rings (SSSR count). The van der Waals surface area contributed by atoms with Crippen molar-refractivity contribution in [2.45, 2.75) is 168 Å². The van der Waals surface area contributed by atoms with Crippen LogP contribution in [0.5, 0.6) is 0 Å². The number of unbranched alkanes of at least 4 members (excludes halogenated alkanes) is 17. The van der Waals surface area contributed by atoms with Crippen LogP contribution in [0, 0.1) is 0 Å². The van der Waals surface area contributed by atoms with E-state index in [1.807, 2.05) is 0 Å². The van der Waals surface area contributed by atoms with Gasteiger partial charge in [-0.25, -0.2) is 0 Å². The van der Waals surface area contributed by atoms with E-state index in [0.717, 1.165) is 6.42 Å². The summed E-state index contributed by atoms with van der Waals surface area (Å²) in [5, 5.41) is 0. The first-order valence-corrected chi connectivity index (χ1v) is 14.4. The van der Waals surface area contributed by atoms with Crippen molar-refractivity contribution in [3.8, 4) is 0 Å². The summed E-state index contributed by atoms with van der Waals surface area (Å²) in [5.41, 5.74) is 6.31. The Labute approximate surface area is 197 Å². The Bertz CT molecular complexity index is 371. The summed E-state index contributed by atoms with van der Waals surface area (Å²) >= 11 is 0. The van der Waals surface area contributed by atoms with Gasteiger partial charge in [0.25, 0.3) is 0 Å². The molecule has 0 saturated heterocycles. The molecule has 0 amide bonds. The molecule has 2 N–H and O–H groups in total. The SMILES string of the molecule is CCCCCC=CCC=CCCCCCCCCCC(N)CCCCCCCCCC. The number of hydrogen-bond acceptors (Lipinski definition) is 1. The third kappa shape index (κ3) is 27.4. The maximum Gasteiger partial charge on any atom is 0.00388 e. The number of nitrogens with two attached hydrogens (primary N) is 1. The maximum atomic E-state index is 6.31. The van der Waals surface area contributed by atoms with E-state index in [1.54, 1.807) is 0 Å². The van der Waals surface area contributed by atoms with E-state index in [4.69, 9.17) is 5.73 Å². The van der Waals surface area contributed by atoms with Crippen LogP contribution < -0.4 is 5.73 Å². The predicted molar refractivity (Wildman–Crippen MR) is 144 cm³/mol. The average molecular weight is 434 g/mol. The second-order valence-electron chi connectivity index (χ2n) is 9.75. The second kappa shape index (κ2) is 27.5. The fourth-order valence-corrected chi connectivity index (χ4v) is 4.26. The molecule has 1 nitrogen and oxygen atoms in total. The normalized spacial score (nSPS) is 13.0. The van der Waals surface area contributed by atoms with E-state index in [-0.39, 0.29) is 0 Å². The standard InChI is InChI=1S/C30H59N/c1-3-5-7-9-11-13-14-15-16-17-18-19-20-21-23-25-27-29-30(31)28-26-24-22-12-10-8-6-4-2/h11,13,15-16,30H,3-10,12,14,17-29,31H2,1-2H3. The molecule has 1 heteroatoms. The molecule has 0 aliphatic heterocycles. The first-order valence-electron chi connectivity index (χ1n) is 14.4. The molecule has 0 aromatic carbocycles. The molecule has 0 bridgehead atoms. The number of allylic oxidation sites excluding steroid dienone is 4. The van der Waals surface area contributed by atoms with Crippen LogP contribution in [0.2, 0.25) is 0 Å². The molecule has 184 valence electrons. The van der Waals surface area contributed by atoms with Gasteiger partial charge in [-0.05, 0) is 44.9 Å². The summed E-state index contributed by atoms with van der Waals surface area (Å²) < 4.78 is 0. The minimum Gasteiger partial charge on any atom is -0.328 e. The van der Waals surface area contributed by atoms with Gasteiger partial charge in [0.15, 0.2) is 0 Å². The minimum absolute atomic E-state index is 0.457. The predicted octanol–water partition coefficient (Wildman–Crippen LogP) is 10.4. The van der Waals surface area contributed by atoms with Crippen molar-refractivity contribution in [1.29, 1.82) is 0 Å².